The summed E-state index contributed by atoms with van der Waals surface area (Å²) in [4.78, 5) is 2.54. The molecule has 1 N–H and O–H groups in total. The van der Waals surface area contributed by atoms with Gasteiger partial charge in [0.25, 0.3) is 0 Å². The molecule has 0 aromatic heterocycles. The van der Waals surface area contributed by atoms with Gasteiger partial charge < -0.3 is 10.2 Å². The van der Waals surface area contributed by atoms with Crippen LogP contribution in [0.2, 0.25) is 0 Å². The van der Waals surface area contributed by atoms with E-state index >= 15 is 0 Å². The lowest BCUT2D eigenvalue weighted by Gasteiger charge is -2.36. The lowest BCUT2D eigenvalue weighted by atomic mass is 10.00. The monoisotopic (exact) mass is 270 g/mol. The van der Waals surface area contributed by atoms with E-state index in [0.29, 0.717) is 0 Å². The third-order valence-corrected chi connectivity index (χ3v) is 5.30. The second-order valence-electron chi connectivity index (χ2n) is 6.96. The predicted octanol–water partition coefficient (Wildman–Crippen LogP) is 3.43. The Balaban J connectivity index is 1.30. The van der Waals surface area contributed by atoms with Gasteiger partial charge in [-0.05, 0) is 62.5 Å². The lowest BCUT2D eigenvalue weighted by molar-refractivity contribution is 0.322. The van der Waals surface area contributed by atoms with E-state index in [1.807, 2.05) is 0 Å². The third-order valence-electron chi connectivity index (χ3n) is 5.30. The largest absolute Gasteiger partial charge is 0.371 e. The van der Waals surface area contributed by atoms with Crippen LogP contribution < -0.4 is 10.2 Å². The van der Waals surface area contributed by atoms with Gasteiger partial charge in [-0.1, -0.05) is 18.2 Å². The zero-order valence-corrected chi connectivity index (χ0v) is 12.3. The van der Waals surface area contributed by atoms with Crippen molar-refractivity contribution in [1.29, 1.82) is 0 Å². The maximum Gasteiger partial charge on any atom is 0.0366 e. The van der Waals surface area contributed by atoms with Gasteiger partial charge in [-0.2, -0.15) is 0 Å². The van der Waals surface area contributed by atoms with Gasteiger partial charge in [0.15, 0.2) is 0 Å². The van der Waals surface area contributed by atoms with Crippen molar-refractivity contribution in [2.24, 2.45) is 11.8 Å². The first kappa shape index (κ1) is 12.7. The van der Waals surface area contributed by atoms with E-state index in [2.05, 4.69) is 40.5 Å². The van der Waals surface area contributed by atoms with Crippen LogP contribution >= 0.6 is 0 Å². The zero-order chi connectivity index (χ0) is 13.4. The smallest absolute Gasteiger partial charge is 0.0366 e. The summed E-state index contributed by atoms with van der Waals surface area (Å²) >= 11 is 0. The molecule has 0 unspecified atom stereocenters. The highest BCUT2D eigenvalue weighted by molar-refractivity contribution is 5.46. The van der Waals surface area contributed by atoms with Gasteiger partial charge >= 0.3 is 0 Å². The second kappa shape index (κ2) is 5.40. The van der Waals surface area contributed by atoms with Crippen molar-refractivity contribution in [2.45, 2.75) is 50.6 Å². The minimum atomic E-state index is 0.765. The van der Waals surface area contributed by atoms with Crippen molar-refractivity contribution >= 4 is 5.69 Å². The summed E-state index contributed by atoms with van der Waals surface area (Å²) in [6.45, 7) is 2.42. The summed E-state index contributed by atoms with van der Waals surface area (Å²) < 4.78 is 0. The van der Waals surface area contributed by atoms with Crippen LogP contribution in [0.3, 0.4) is 0 Å². The first-order valence-corrected chi connectivity index (χ1v) is 8.46. The van der Waals surface area contributed by atoms with Crippen molar-refractivity contribution in [2.75, 3.05) is 18.0 Å². The molecule has 0 amide bonds. The molecule has 1 aromatic rings. The van der Waals surface area contributed by atoms with E-state index in [-0.39, 0.29) is 0 Å². The van der Waals surface area contributed by atoms with Crippen LogP contribution in [0.25, 0.3) is 0 Å². The summed E-state index contributed by atoms with van der Waals surface area (Å²) in [5.74, 6) is 2.05. The van der Waals surface area contributed by atoms with Crippen molar-refractivity contribution in [3.05, 3.63) is 30.3 Å². The van der Waals surface area contributed by atoms with Crippen LogP contribution in [0.15, 0.2) is 30.3 Å². The van der Waals surface area contributed by atoms with E-state index in [1.165, 1.54) is 57.3 Å². The fraction of sp³-hybridized carbons (Fsp3) is 0.667. The van der Waals surface area contributed by atoms with Gasteiger partial charge in [-0.25, -0.2) is 0 Å². The molecule has 4 rings (SSSR count). The number of para-hydroxylation sites is 1. The molecular formula is C18H26N2. The van der Waals surface area contributed by atoms with Crippen LogP contribution in [0.4, 0.5) is 5.69 Å². The van der Waals surface area contributed by atoms with Gasteiger partial charge in [-0.3, -0.25) is 0 Å². The Hall–Kier alpha value is -1.02. The minimum Gasteiger partial charge on any atom is -0.371 e. The number of anilines is 1. The zero-order valence-electron chi connectivity index (χ0n) is 12.3. The standard InChI is InChI=1S/C18H26N2/c1-2-4-17(5-3-1)20-12-10-16(11-13-20)19-18(14-6-7-14)15-8-9-15/h1-5,14-16,18-19H,6-13H2. The number of piperidine rings is 1. The topological polar surface area (TPSA) is 15.3 Å². The van der Waals surface area contributed by atoms with E-state index in [0.717, 1.165) is 23.9 Å². The van der Waals surface area contributed by atoms with Crippen molar-refractivity contribution < 1.29 is 0 Å². The molecule has 1 aliphatic heterocycles. The molecule has 0 spiro atoms. The fourth-order valence-electron chi connectivity index (χ4n) is 3.78. The minimum absolute atomic E-state index is 0.765. The highest BCUT2D eigenvalue weighted by Gasteiger charge is 2.42. The Morgan fingerprint density at radius 3 is 2.00 bits per heavy atom. The fourth-order valence-corrected chi connectivity index (χ4v) is 3.78. The average Bonchev–Trinajstić information content (AvgIpc) is 3.40. The Bertz CT molecular complexity index is 416. The van der Waals surface area contributed by atoms with Crippen molar-refractivity contribution in [3.8, 4) is 0 Å². The maximum atomic E-state index is 4.03. The molecule has 3 aliphatic rings. The molecule has 1 aromatic carbocycles. The van der Waals surface area contributed by atoms with Crippen LogP contribution in [0.1, 0.15) is 38.5 Å². The molecule has 3 fully saturated rings. The SMILES string of the molecule is c1ccc(N2CCC(NC(C3CC3)C3CC3)CC2)cc1. The van der Waals surface area contributed by atoms with E-state index in [1.54, 1.807) is 0 Å². The first-order chi connectivity index (χ1) is 9.90. The summed E-state index contributed by atoms with van der Waals surface area (Å²) in [6.07, 6.45) is 8.55. The second-order valence-corrected chi connectivity index (χ2v) is 6.96. The van der Waals surface area contributed by atoms with E-state index in [4.69, 9.17) is 0 Å². The summed E-state index contributed by atoms with van der Waals surface area (Å²) in [6, 6.07) is 12.5. The Labute approximate surface area is 122 Å². The number of nitrogens with one attached hydrogen (secondary N) is 1. The summed E-state index contributed by atoms with van der Waals surface area (Å²) in [7, 11) is 0. The van der Waals surface area contributed by atoms with Crippen LogP contribution in [-0.4, -0.2) is 25.2 Å². The Morgan fingerprint density at radius 1 is 0.850 bits per heavy atom. The van der Waals surface area contributed by atoms with Crippen molar-refractivity contribution in [3.63, 3.8) is 0 Å². The third kappa shape index (κ3) is 2.85. The average molecular weight is 270 g/mol. The summed E-state index contributed by atoms with van der Waals surface area (Å²) in [5, 5.41) is 4.03. The molecule has 0 atom stereocenters. The number of nitrogens with zero attached hydrogens (tertiary/aromatic N) is 1. The quantitative estimate of drug-likeness (QED) is 0.882. The molecule has 2 nitrogen and oxygen atoms in total. The Morgan fingerprint density at radius 2 is 1.45 bits per heavy atom. The molecular weight excluding hydrogens is 244 g/mol. The maximum absolute atomic E-state index is 4.03. The molecule has 0 radical (unpaired) electrons. The first-order valence-electron chi connectivity index (χ1n) is 8.46. The normalized spacial score (nSPS) is 24.4. The van der Waals surface area contributed by atoms with Crippen LogP contribution in [-0.2, 0) is 0 Å². The van der Waals surface area contributed by atoms with Gasteiger partial charge in [-0.15, -0.1) is 0 Å². The Kier molecular flexibility index (Phi) is 3.43. The highest BCUT2D eigenvalue weighted by Crippen LogP contribution is 2.45. The molecule has 2 aliphatic carbocycles. The number of hydrogen-bond acceptors (Lipinski definition) is 2. The molecule has 0 bridgehead atoms. The molecule has 1 saturated heterocycles. The van der Waals surface area contributed by atoms with Crippen LogP contribution in [0.5, 0.6) is 0 Å². The summed E-state index contributed by atoms with van der Waals surface area (Å²) in [5.41, 5.74) is 1.40. The highest BCUT2D eigenvalue weighted by atomic mass is 15.2. The van der Waals surface area contributed by atoms with Gasteiger partial charge in [0, 0.05) is 30.9 Å². The van der Waals surface area contributed by atoms with E-state index in [9.17, 15) is 0 Å². The van der Waals surface area contributed by atoms with Gasteiger partial charge in [0.05, 0.1) is 0 Å². The van der Waals surface area contributed by atoms with Crippen molar-refractivity contribution in [1.82, 2.24) is 5.32 Å². The number of rotatable bonds is 5. The number of hydrogen-bond donors (Lipinski definition) is 1. The van der Waals surface area contributed by atoms with Crippen LogP contribution in [0, 0.1) is 11.8 Å². The molecule has 1 heterocycles. The lowest BCUT2D eigenvalue weighted by Crippen LogP contribution is -2.47. The molecule has 108 valence electrons. The van der Waals surface area contributed by atoms with Gasteiger partial charge in [0.2, 0.25) is 0 Å². The predicted molar refractivity (Wildman–Crippen MR) is 84.0 cm³/mol. The number of benzene rings is 1. The molecule has 2 heteroatoms. The molecule has 2 saturated carbocycles. The molecule has 20 heavy (non-hydrogen) atoms. The van der Waals surface area contributed by atoms with Gasteiger partial charge in [0.1, 0.15) is 0 Å². The van der Waals surface area contributed by atoms with E-state index < -0.39 is 0 Å².